The van der Waals surface area contributed by atoms with Gasteiger partial charge in [0.15, 0.2) is 0 Å². The molecule has 0 aliphatic heterocycles. The molecule has 1 aromatic heterocycles. The summed E-state index contributed by atoms with van der Waals surface area (Å²) < 4.78 is 5.34. The molecule has 0 unspecified atom stereocenters. The van der Waals surface area contributed by atoms with E-state index in [2.05, 4.69) is 15.6 Å². The molecule has 0 saturated carbocycles. The SMILES string of the molecule is Cc1nc(CNC(=O)NC(C)(C)CCC(=O)O)oc1C. The second-order valence-corrected chi connectivity index (χ2v) is 5.33. The Morgan fingerprint density at radius 2 is 2.00 bits per heavy atom. The topological polar surface area (TPSA) is 104 Å². The Bertz CT molecular complexity index is 474. The molecule has 0 saturated heterocycles. The number of oxazole rings is 1. The van der Waals surface area contributed by atoms with E-state index in [1.54, 1.807) is 20.8 Å². The molecule has 3 N–H and O–H groups in total. The van der Waals surface area contributed by atoms with E-state index in [1.165, 1.54) is 0 Å². The zero-order valence-electron chi connectivity index (χ0n) is 12.2. The van der Waals surface area contributed by atoms with Crippen LogP contribution in [-0.2, 0) is 11.3 Å². The number of aromatic nitrogens is 1. The quantitative estimate of drug-likeness (QED) is 0.737. The fraction of sp³-hybridized carbons (Fsp3) is 0.615. The summed E-state index contributed by atoms with van der Waals surface area (Å²) in [5, 5.41) is 14.0. The van der Waals surface area contributed by atoms with Gasteiger partial charge in [-0.2, -0.15) is 0 Å². The molecule has 20 heavy (non-hydrogen) atoms. The van der Waals surface area contributed by atoms with Crippen LogP contribution in [-0.4, -0.2) is 27.6 Å². The van der Waals surface area contributed by atoms with Crippen molar-refractivity contribution >= 4 is 12.0 Å². The Labute approximate surface area is 117 Å². The highest BCUT2D eigenvalue weighted by Crippen LogP contribution is 2.11. The highest BCUT2D eigenvalue weighted by Gasteiger charge is 2.21. The first-order valence-electron chi connectivity index (χ1n) is 6.40. The predicted molar refractivity (Wildman–Crippen MR) is 72.3 cm³/mol. The monoisotopic (exact) mass is 283 g/mol. The van der Waals surface area contributed by atoms with E-state index in [4.69, 9.17) is 9.52 Å². The number of amides is 2. The van der Waals surface area contributed by atoms with Crippen LogP contribution in [0.3, 0.4) is 0 Å². The van der Waals surface area contributed by atoms with E-state index in [-0.39, 0.29) is 19.0 Å². The van der Waals surface area contributed by atoms with Gasteiger partial charge in [0.05, 0.1) is 12.2 Å². The minimum atomic E-state index is -0.883. The molecule has 7 heteroatoms. The average Bonchev–Trinajstić information content (AvgIpc) is 2.63. The standard InChI is InChI=1S/C13H21N3O4/c1-8-9(2)20-10(15-8)7-14-12(19)16-13(3,4)6-5-11(17)18/h5-7H2,1-4H3,(H,17,18)(H2,14,16,19). The zero-order valence-corrected chi connectivity index (χ0v) is 12.2. The number of urea groups is 1. The normalized spacial score (nSPS) is 11.2. The number of aliphatic carboxylic acids is 1. The lowest BCUT2D eigenvalue weighted by Crippen LogP contribution is -2.48. The van der Waals surface area contributed by atoms with Crippen molar-refractivity contribution in [2.45, 2.75) is 52.6 Å². The maximum atomic E-state index is 11.7. The molecule has 0 aliphatic carbocycles. The number of nitrogens with zero attached hydrogens (tertiary/aromatic N) is 1. The number of rotatable bonds is 6. The van der Waals surface area contributed by atoms with E-state index >= 15 is 0 Å². The number of carboxylic acid groups (broad SMARTS) is 1. The van der Waals surface area contributed by atoms with Crippen molar-refractivity contribution in [2.24, 2.45) is 0 Å². The van der Waals surface area contributed by atoms with Gasteiger partial charge in [0.2, 0.25) is 5.89 Å². The third-order valence-corrected chi connectivity index (χ3v) is 2.89. The minimum Gasteiger partial charge on any atom is -0.481 e. The summed E-state index contributed by atoms with van der Waals surface area (Å²) >= 11 is 0. The number of carbonyl (C=O) groups is 2. The first kappa shape index (κ1) is 16.0. The maximum absolute atomic E-state index is 11.7. The summed E-state index contributed by atoms with van der Waals surface area (Å²) in [5.41, 5.74) is 0.203. The Morgan fingerprint density at radius 3 is 2.50 bits per heavy atom. The van der Waals surface area contributed by atoms with E-state index in [1.807, 2.05) is 6.92 Å². The van der Waals surface area contributed by atoms with Crippen molar-refractivity contribution in [2.75, 3.05) is 0 Å². The third kappa shape index (κ3) is 5.29. The molecule has 1 rings (SSSR count). The van der Waals surface area contributed by atoms with Crippen LogP contribution < -0.4 is 10.6 Å². The molecular formula is C13H21N3O4. The molecule has 112 valence electrons. The van der Waals surface area contributed by atoms with Crippen molar-refractivity contribution in [1.29, 1.82) is 0 Å². The molecule has 0 atom stereocenters. The van der Waals surface area contributed by atoms with Crippen molar-refractivity contribution in [1.82, 2.24) is 15.6 Å². The molecule has 0 aromatic carbocycles. The van der Waals surface area contributed by atoms with Crippen LogP contribution in [0.1, 0.15) is 44.0 Å². The Morgan fingerprint density at radius 1 is 1.35 bits per heavy atom. The van der Waals surface area contributed by atoms with Crippen LogP contribution >= 0.6 is 0 Å². The highest BCUT2D eigenvalue weighted by molar-refractivity contribution is 5.74. The number of hydrogen-bond donors (Lipinski definition) is 3. The van der Waals surface area contributed by atoms with Gasteiger partial charge in [-0.15, -0.1) is 0 Å². The fourth-order valence-corrected chi connectivity index (χ4v) is 1.60. The van der Waals surface area contributed by atoms with Crippen LogP contribution in [0.5, 0.6) is 0 Å². The summed E-state index contributed by atoms with van der Waals surface area (Å²) in [6.45, 7) is 7.37. The summed E-state index contributed by atoms with van der Waals surface area (Å²) in [5.74, 6) is 0.286. The predicted octanol–water partition coefficient (Wildman–Crippen LogP) is 1.73. The van der Waals surface area contributed by atoms with Gasteiger partial charge in [-0.3, -0.25) is 4.79 Å². The Balaban J connectivity index is 2.41. The van der Waals surface area contributed by atoms with Crippen LogP contribution in [0.2, 0.25) is 0 Å². The first-order valence-corrected chi connectivity index (χ1v) is 6.40. The lowest BCUT2D eigenvalue weighted by atomic mass is 9.99. The molecule has 7 nitrogen and oxygen atoms in total. The maximum Gasteiger partial charge on any atom is 0.315 e. The second kappa shape index (κ2) is 6.40. The molecule has 0 fully saturated rings. The molecule has 0 radical (unpaired) electrons. The lowest BCUT2D eigenvalue weighted by Gasteiger charge is -2.25. The van der Waals surface area contributed by atoms with Crippen LogP contribution in [0, 0.1) is 13.8 Å². The van der Waals surface area contributed by atoms with Gasteiger partial charge in [0, 0.05) is 12.0 Å². The van der Waals surface area contributed by atoms with Crippen LogP contribution in [0.4, 0.5) is 4.79 Å². The van der Waals surface area contributed by atoms with Crippen molar-refractivity contribution < 1.29 is 19.1 Å². The highest BCUT2D eigenvalue weighted by atomic mass is 16.4. The molecule has 1 heterocycles. The number of nitrogens with one attached hydrogen (secondary N) is 2. The smallest absolute Gasteiger partial charge is 0.315 e. The minimum absolute atomic E-state index is 0.00537. The second-order valence-electron chi connectivity index (χ2n) is 5.33. The summed E-state index contributed by atoms with van der Waals surface area (Å²) in [6.07, 6.45) is 0.360. The van der Waals surface area contributed by atoms with Crippen molar-refractivity contribution in [3.8, 4) is 0 Å². The summed E-state index contributed by atoms with van der Waals surface area (Å²) in [7, 11) is 0. The van der Waals surface area contributed by atoms with Gasteiger partial charge in [-0.1, -0.05) is 0 Å². The molecule has 2 amide bonds. The van der Waals surface area contributed by atoms with E-state index < -0.39 is 11.5 Å². The number of carboxylic acids is 1. The number of hydrogen-bond acceptors (Lipinski definition) is 4. The Kier molecular flexibility index (Phi) is 5.12. The first-order chi connectivity index (χ1) is 9.19. The van der Waals surface area contributed by atoms with Gasteiger partial charge in [-0.25, -0.2) is 9.78 Å². The van der Waals surface area contributed by atoms with Crippen molar-refractivity contribution in [3.05, 3.63) is 17.3 Å². The zero-order chi connectivity index (χ0) is 15.3. The lowest BCUT2D eigenvalue weighted by molar-refractivity contribution is -0.137. The van der Waals surface area contributed by atoms with Gasteiger partial charge in [0.25, 0.3) is 0 Å². The van der Waals surface area contributed by atoms with E-state index in [0.29, 0.717) is 12.3 Å². The van der Waals surface area contributed by atoms with Crippen LogP contribution in [0.15, 0.2) is 4.42 Å². The molecule has 1 aromatic rings. The van der Waals surface area contributed by atoms with E-state index in [0.717, 1.165) is 11.5 Å². The molecular weight excluding hydrogens is 262 g/mol. The summed E-state index contributed by atoms with van der Waals surface area (Å²) in [4.78, 5) is 26.4. The van der Waals surface area contributed by atoms with Gasteiger partial charge >= 0.3 is 12.0 Å². The van der Waals surface area contributed by atoms with Crippen LogP contribution in [0.25, 0.3) is 0 Å². The summed E-state index contributed by atoms with van der Waals surface area (Å²) in [6, 6.07) is -0.381. The fourth-order valence-electron chi connectivity index (χ4n) is 1.60. The Hall–Kier alpha value is -2.05. The number of aryl methyl sites for hydroxylation is 2. The molecule has 0 aliphatic rings. The average molecular weight is 283 g/mol. The van der Waals surface area contributed by atoms with E-state index in [9.17, 15) is 9.59 Å². The largest absolute Gasteiger partial charge is 0.481 e. The van der Waals surface area contributed by atoms with Gasteiger partial charge < -0.3 is 20.2 Å². The van der Waals surface area contributed by atoms with Gasteiger partial charge in [-0.05, 0) is 34.1 Å². The molecule has 0 bridgehead atoms. The third-order valence-electron chi connectivity index (χ3n) is 2.89. The van der Waals surface area contributed by atoms with Crippen molar-refractivity contribution in [3.63, 3.8) is 0 Å². The van der Waals surface area contributed by atoms with Gasteiger partial charge in [0.1, 0.15) is 5.76 Å². The molecule has 0 spiro atoms. The number of carbonyl (C=O) groups excluding carboxylic acids is 1.